The minimum atomic E-state index is -1.00. The summed E-state index contributed by atoms with van der Waals surface area (Å²) in [5, 5.41) is 7.30. The molecule has 2 heterocycles. The van der Waals surface area contributed by atoms with Gasteiger partial charge < -0.3 is 9.84 Å². The molecule has 1 aliphatic carbocycles. The third-order valence-electron chi connectivity index (χ3n) is 5.30. The van der Waals surface area contributed by atoms with Crippen LogP contribution in [0.15, 0.2) is 53.1 Å². The molecule has 8 heteroatoms. The predicted molar refractivity (Wildman–Crippen MR) is 100 cm³/mol. The van der Waals surface area contributed by atoms with Gasteiger partial charge in [-0.05, 0) is 36.1 Å². The van der Waals surface area contributed by atoms with Gasteiger partial charge in [-0.25, -0.2) is 4.79 Å². The van der Waals surface area contributed by atoms with Gasteiger partial charge in [-0.15, -0.1) is 0 Å². The number of rotatable bonds is 3. The van der Waals surface area contributed by atoms with Crippen molar-refractivity contribution in [1.82, 2.24) is 20.4 Å². The molecule has 2 aliphatic rings. The molecule has 5 rings (SSSR count). The van der Waals surface area contributed by atoms with E-state index in [9.17, 15) is 9.59 Å². The van der Waals surface area contributed by atoms with Gasteiger partial charge in [0.05, 0.1) is 5.02 Å². The number of halogens is 1. The molecule has 1 spiro atoms. The van der Waals surface area contributed by atoms with Crippen molar-refractivity contribution in [3.8, 4) is 11.4 Å². The summed E-state index contributed by atoms with van der Waals surface area (Å²) in [6.07, 6.45) is 1.29. The molecule has 1 N–H and O–H groups in total. The molecule has 1 aromatic heterocycles. The van der Waals surface area contributed by atoms with Gasteiger partial charge in [0.25, 0.3) is 5.91 Å². The Morgan fingerprint density at radius 3 is 2.79 bits per heavy atom. The first-order valence-electron chi connectivity index (χ1n) is 8.88. The number of aromatic nitrogens is 2. The van der Waals surface area contributed by atoms with Gasteiger partial charge >= 0.3 is 6.03 Å². The lowest BCUT2D eigenvalue weighted by atomic mass is 9.92. The van der Waals surface area contributed by atoms with Gasteiger partial charge in [-0.1, -0.05) is 53.2 Å². The van der Waals surface area contributed by atoms with Crippen LogP contribution in [0.4, 0.5) is 4.79 Å². The summed E-state index contributed by atoms with van der Waals surface area (Å²) in [7, 11) is 0. The highest BCUT2D eigenvalue weighted by atomic mass is 35.5. The van der Waals surface area contributed by atoms with Crippen molar-refractivity contribution in [3.63, 3.8) is 0 Å². The quantitative estimate of drug-likeness (QED) is 0.688. The van der Waals surface area contributed by atoms with Crippen molar-refractivity contribution in [1.29, 1.82) is 0 Å². The van der Waals surface area contributed by atoms with E-state index in [1.807, 2.05) is 30.3 Å². The minimum absolute atomic E-state index is 0.0912. The Balaban J connectivity index is 1.42. The number of carbonyl (C=O) groups is 2. The zero-order chi connectivity index (χ0) is 19.3. The van der Waals surface area contributed by atoms with Crippen molar-refractivity contribution >= 4 is 23.5 Å². The van der Waals surface area contributed by atoms with Gasteiger partial charge in [0.2, 0.25) is 11.7 Å². The van der Waals surface area contributed by atoms with E-state index in [1.165, 1.54) is 0 Å². The number of urea groups is 1. The van der Waals surface area contributed by atoms with Crippen LogP contribution in [-0.2, 0) is 23.3 Å². The van der Waals surface area contributed by atoms with Gasteiger partial charge in [0.1, 0.15) is 12.1 Å². The lowest BCUT2D eigenvalue weighted by Crippen LogP contribution is -2.41. The Morgan fingerprint density at radius 1 is 1.14 bits per heavy atom. The molecule has 1 aliphatic heterocycles. The number of amides is 3. The normalized spacial score (nSPS) is 20.7. The average molecular weight is 395 g/mol. The van der Waals surface area contributed by atoms with Gasteiger partial charge in [0, 0.05) is 5.56 Å². The lowest BCUT2D eigenvalue weighted by molar-refractivity contribution is -0.132. The Morgan fingerprint density at radius 2 is 1.93 bits per heavy atom. The maximum atomic E-state index is 13.2. The molecule has 0 unspecified atom stereocenters. The molecular weight excluding hydrogens is 380 g/mol. The van der Waals surface area contributed by atoms with E-state index in [-0.39, 0.29) is 18.3 Å². The number of carbonyl (C=O) groups excluding carboxylic acids is 2. The van der Waals surface area contributed by atoms with Crippen molar-refractivity contribution in [2.24, 2.45) is 0 Å². The molecule has 140 valence electrons. The summed E-state index contributed by atoms with van der Waals surface area (Å²) in [6, 6.07) is 14.4. The standard InChI is InChI=1S/C20H15ClN4O3/c21-15-8-4-2-6-13(15)17-22-16(28-24-17)11-25-18(26)20(23-19(25)27)10-9-12-5-1-3-7-14(12)20/h1-8H,9-11H2,(H,23,27)/t20-/m1/s1. The Bertz CT molecular complexity index is 1110. The minimum Gasteiger partial charge on any atom is -0.337 e. The van der Waals surface area contributed by atoms with Crippen molar-refractivity contribution in [2.45, 2.75) is 24.9 Å². The summed E-state index contributed by atoms with van der Waals surface area (Å²) in [4.78, 5) is 31.2. The van der Waals surface area contributed by atoms with Gasteiger partial charge in [-0.2, -0.15) is 4.98 Å². The molecule has 1 fully saturated rings. The van der Waals surface area contributed by atoms with E-state index in [0.717, 1.165) is 22.4 Å². The zero-order valence-electron chi connectivity index (χ0n) is 14.7. The highest BCUT2D eigenvalue weighted by Gasteiger charge is 2.55. The summed E-state index contributed by atoms with van der Waals surface area (Å²) in [5.41, 5.74) is 1.56. The number of fused-ring (bicyclic) bond motifs is 2. The fourth-order valence-corrected chi connectivity index (χ4v) is 4.16. The largest absolute Gasteiger partial charge is 0.337 e. The first-order chi connectivity index (χ1) is 13.6. The predicted octanol–water partition coefficient (Wildman–Crippen LogP) is 3.28. The summed E-state index contributed by atoms with van der Waals surface area (Å²) >= 11 is 6.16. The SMILES string of the molecule is O=C1N[C@@]2(CCc3ccccc32)C(=O)N1Cc1nc(-c2ccccc2Cl)no1. The molecule has 1 saturated heterocycles. The molecule has 0 saturated carbocycles. The first kappa shape index (κ1) is 16.9. The van der Waals surface area contributed by atoms with Crippen LogP contribution in [0.2, 0.25) is 5.02 Å². The molecule has 2 aromatic carbocycles. The summed E-state index contributed by atoms with van der Waals surface area (Å²) < 4.78 is 5.26. The van der Waals surface area contributed by atoms with Crippen LogP contribution in [0.25, 0.3) is 11.4 Å². The lowest BCUT2D eigenvalue weighted by Gasteiger charge is -2.21. The Hall–Kier alpha value is -3.19. The average Bonchev–Trinajstić information content (AvgIpc) is 3.37. The maximum Gasteiger partial charge on any atom is 0.325 e. The van der Waals surface area contributed by atoms with Crippen LogP contribution in [0.3, 0.4) is 0 Å². The summed E-state index contributed by atoms with van der Waals surface area (Å²) in [6.45, 7) is -0.0912. The van der Waals surface area contributed by atoms with Crippen molar-refractivity contribution in [3.05, 3.63) is 70.6 Å². The second-order valence-corrected chi connectivity index (χ2v) is 7.28. The van der Waals surface area contributed by atoms with E-state index in [4.69, 9.17) is 16.1 Å². The fourth-order valence-electron chi connectivity index (χ4n) is 3.94. The van der Waals surface area contributed by atoms with Crippen LogP contribution in [0, 0.1) is 0 Å². The summed E-state index contributed by atoms with van der Waals surface area (Å²) in [5.74, 6) is 0.190. The zero-order valence-corrected chi connectivity index (χ0v) is 15.4. The number of aryl methyl sites for hydroxylation is 1. The van der Waals surface area contributed by atoms with E-state index < -0.39 is 11.6 Å². The highest BCUT2D eigenvalue weighted by Crippen LogP contribution is 2.41. The van der Waals surface area contributed by atoms with Gasteiger partial charge in [0.15, 0.2) is 0 Å². The van der Waals surface area contributed by atoms with Gasteiger partial charge in [-0.3, -0.25) is 9.69 Å². The smallest absolute Gasteiger partial charge is 0.325 e. The van der Waals surface area contributed by atoms with Crippen LogP contribution in [0.5, 0.6) is 0 Å². The number of benzene rings is 2. The molecule has 0 radical (unpaired) electrons. The van der Waals surface area contributed by atoms with Crippen LogP contribution < -0.4 is 5.32 Å². The number of nitrogens with zero attached hydrogens (tertiary/aromatic N) is 3. The van der Waals surface area contributed by atoms with Crippen LogP contribution in [0.1, 0.15) is 23.4 Å². The number of hydrogen-bond donors (Lipinski definition) is 1. The number of nitrogens with one attached hydrogen (secondary N) is 1. The topological polar surface area (TPSA) is 88.3 Å². The Labute approximate surface area is 165 Å². The number of hydrogen-bond acceptors (Lipinski definition) is 5. The second kappa shape index (κ2) is 6.17. The van der Waals surface area contributed by atoms with Crippen LogP contribution in [-0.4, -0.2) is 27.0 Å². The molecule has 3 aromatic rings. The van der Waals surface area contributed by atoms with Crippen LogP contribution >= 0.6 is 11.6 Å². The highest BCUT2D eigenvalue weighted by molar-refractivity contribution is 6.33. The van der Waals surface area contributed by atoms with E-state index in [1.54, 1.807) is 18.2 Å². The molecule has 7 nitrogen and oxygen atoms in total. The molecular formula is C20H15ClN4O3. The molecule has 28 heavy (non-hydrogen) atoms. The monoisotopic (exact) mass is 394 g/mol. The maximum absolute atomic E-state index is 13.2. The number of imide groups is 1. The van der Waals surface area contributed by atoms with E-state index in [2.05, 4.69) is 15.5 Å². The van der Waals surface area contributed by atoms with E-state index in [0.29, 0.717) is 22.8 Å². The molecule has 0 bridgehead atoms. The third-order valence-corrected chi connectivity index (χ3v) is 5.63. The van der Waals surface area contributed by atoms with E-state index >= 15 is 0 Å². The van der Waals surface area contributed by atoms with Crippen molar-refractivity contribution in [2.75, 3.05) is 0 Å². The van der Waals surface area contributed by atoms with Crippen molar-refractivity contribution < 1.29 is 14.1 Å². The molecule has 3 amide bonds. The fraction of sp³-hybridized carbons (Fsp3) is 0.200. The Kier molecular flexibility index (Phi) is 3.73. The third kappa shape index (κ3) is 2.43. The first-order valence-corrected chi connectivity index (χ1v) is 9.26. The molecule has 1 atom stereocenters. The second-order valence-electron chi connectivity index (χ2n) is 6.88.